The van der Waals surface area contributed by atoms with E-state index >= 15 is 0 Å². The molecule has 0 spiro atoms. The number of hydrogen-bond donors (Lipinski definition) is 1. The van der Waals surface area contributed by atoms with Gasteiger partial charge in [-0.2, -0.15) is 0 Å². The lowest BCUT2D eigenvalue weighted by Crippen LogP contribution is -2.23. The summed E-state index contributed by atoms with van der Waals surface area (Å²) in [5, 5.41) is 10.6. The van der Waals surface area contributed by atoms with Gasteiger partial charge >= 0.3 is 0 Å². The zero-order chi connectivity index (χ0) is 25.8. The maximum Gasteiger partial charge on any atom is 0.256 e. The summed E-state index contributed by atoms with van der Waals surface area (Å²) < 4.78 is 68.2. The Morgan fingerprint density at radius 2 is 1.75 bits per heavy atom. The van der Waals surface area contributed by atoms with Crippen LogP contribution in [-0.4, -0.2) is 45.7 Å². The van der Waals surface area contributed by atoms with Crippen molar-refractivity contribution in [1.82, 2.24) is 14.5 Å². The predicted molar refractivity (Wildman–Crippen MR) is 127 cm³/mol. The smallest absolute Gasteiger partial charge is 0.256 e. The molecule has 36 heavy (non-hydrogen) atoms. The summed E-state index contributed by atoms with van der Waals surface area (Å²) in [4.78, 5) is 21.9. The normalized spacial score (nSPS) is 19.1. The van der Waals surface area contributed by atoms with Crippen molar-refractivity contribution < 1.29 is 26.7 Å². The van der Waals surface area contributed by atoms with Crippen LogP contribution in [0.5, 0.6) is 0 Å². The number of halogens is 3. The Labute approximate surface area is 203 Å². The molecule has 1 N–H and O–H groups in total. The van der Waals surface area contributed by atoms with Crippen molar-refractivity contribution in [3.8, 4) is 16.9 Å². The van der Waals surface area contributed by atoms with Gasteiger partial charge in [-0.25, -0.2) is 31.6 Å². The molecule has 0 saturated carbocycles. The number of aliphatic hydroxyl groups is 1. The zero-order valence-electron chi connectivity index (χ0n) is 19.0. The van der Waals surface area contributed by atoms with Crippen LogP contribution in [0.25, 0.3) is 28.0 Å². The van der Waals surface area contributed by atoms with Crippen LogP contribution in [0, 0.1) is 30.3 Å². The topological polar surface area (TPSA) is 102 Å². The third kappa shape index (κ3) is 4.28. The van der Waals surface area contributed by atoms with E-state index in [1.165, 1.54) is 30.3 Å². The lowest BCUT2D eigenvalue weighted by Gasteiger charge is -2.17. The molecular weight excluding hydrogens is 495 g/mol. The second kappa shape index (κ2) is 8.82. The fraction of sp³-hybridized carbons (Fsp3) is 0.240. The molecule has 1 aliphatic rings. The predicted octanol–water partition coefficient (Wildman–Crippen LogP) is 3.12. The molecule has 1 fully saturated rings. The molecule has 3 heterocycles. The van der Waals surface area contributed by atoms with Crippen LogP contribution >= 0.6 is 0 Å². The first-order valence-corrected chi connectivity index (χ1v) is 12.9. The van der Waals surface area contributed by atoms with Crippen molar-refractivity contribution in [3.63, 3.8) is 0 Å². The van der Waals surface area contributed by atoms with Gasteiger partial charge in [-0.1, -0.05) is 6.07 Å². The van der Waals surface area contributed by atoms with Crippen molar-refractivity contribution in [2.24, 2.45) is 5.92 Å². The van der Waals surface area contributed by atoms with Gasteiger partial charge in [0.1, 0.15) is 29.0 Å². The average molecular weight is 516 g/mol. The molecule has 11 heteroatoms. The van der Waals surface area contributed by atoms with Crippen molar-refractivity contribution in [2.75, 3.05) is 11.5 Å². The van der Waals surface area contributed by atoms with E-state index in [0.717, 1.165) is 22.8 Å². The Morgan fingerprint density at radius 3 is 2.39 bits per heavy atom. The molecule has 2 aromatic carbocycles. The highest BCUT2D eigenvalue weighted by molar-refractivity contribution is 7.91. The van der Waals surface area contributed by atoms with E-state index in [9.17, 15) is 31.5 Å². The molecule has 2 aromatic heterocycles. The summed E-state index contributed by atoms with van der Waals surface area (Å²) in [5.41, 5.74) is -0.202. The van der Waals surface area contributed by atoms with E-state index in [2.05, 4.69) is 9.97 Å². The van der Waals surface area contributed by atoms with Gasteiger partial charge in [0.2, 0.25) is 0 Å². The van der Waals surface area contributed by atoms with Crippen LogP contribution in [0.15, 0.2) is 53.3 Å². The monoisotopic (exact) mass is 515 g/mol. The van der Waals surface area contributed by atoms with E-state index < -0.39 is 50.6 Å². The van der Waals surface area contributed by atoms with Gasteiger partial charge in [0.05, 0.1) is 23.3 Å². The van der Waals surface area contributed by atoms with Gasteiger partial charge in [0.15, 0.2) is 15.5 Å². The van der Waals surface area contributed by atoms with Gasteiger partial charge in [-0.15, -0.1) is 0 Å². The van der Waals surface area contributed by atoms with Crippen molar-refractivity contribution >= 4 is 20.9 Å². The highest BCUT2D eigenvalue weighted by Crippen LogP contribution is 2.31. The molecule has 1 saturated heterocycles. The highest BCUT2D eigenvalue weighted by Gasteiger charge is 2.37. The van der Waals surface area contributed by atoms with Crippen molar-refractivity contribution in [1.29, 1.82) is 0 Å². The molecule has 0 unspecified atom stereocenters. The first-order valence-electron chi connectivity index (χ1n) is 11.1. The van der Waals surface area contributed by atoms with Crippen LogP contribution in [0.3, 0.4) is 0 Å². The quantitative estimate of drug-likeness (QED) is 0.448. The van der Waals surface area contributed by atoms with E-state index in [1.54, 1.807) is 6.92 Å². The minimum Gasteiger partial charge on any atom is -0.392 e. The van der Waals surface area contributed by atoms with Gasteiger partial charge in [-0.05, 0) is 48.9 Å². The Bertz CT molecular complexity index is 1670. The summed E-state index contributed by atoms with van der Waals surface area (Å²) in [5.74, 6) is -3.74. The first kappa shape index (κ1) is 24.1. The summed E-state index contributed by atoms with van der Waals surface area (Å²) in [7, 11) is -3.45. The Morgan fingerprint density at radius 1 is 1.03 bits per heavy atom. The number of rotatable bonds is 4. The summed E-state index contributed by atoms with van der Waals surface area (Å²) >= 11 is 0. The standard InChI is InChI=1S/C25H20F3N3O4S/c1-13-9-15(26)5-6-16(13)23-17-7-8-22(33)31(24-18(27)3-2-4-19(24)28)25(17)30-21(29-23)10-14-11-36(34,35)12-20(14)32/h2-9,14,20,32H,10-12H2,1H3/t14-,20-/m1/s1. The summed E-state index contributed by atoms with van der Waals surface area (Å²) in [6, 6.07) is 9.76. The minimum absolute atomic E-state index is 0.0631. The van der Waals surface area contributed by atoms with Gasteiger partial charge < -0.3 is 5.11 Å². The van der Waals surface area contributed by atoms with E-state index in [1.807, 2.05) is 0 Å². The molecule has 0 radical (unpaired) electrons. The van der Waals surface area contributed by atoms with Crippen LogP contribution in [0.2, 0.25) is 0 Å². The number of pyridine rings is 1. The van der Waals surface area contributed by atoms with Gasteiger partial charge in [0, 0.05) is 29.4 Å². The fourth-order valence-corrected chi connectivity index (χ4v) is 6.52. The molecule has 186 valence electrons. The molecule has 0 amide bonds. The van der Waals surface area contributed by atoms with E-state index in [4.69, 9.17) is 0 Å². The number of benzene rings is 2. The van der Waals surface area contributed by atoms with Crippen molar-refractivity contribution in [2.45, 2.75) is 19.4 Å². The summed E-state index contributed by atoms with van der Waals surface area (Å²) in [6.45, 7) is 1.66. The third-order valence-corrected chi connectivity index (χ3v) is 8.07. The number of hydrogen-bond acceptors (Lipinski definition) is 6. The van der Waals surface area contributed by atoms with Gasteiger partial charge in [0.25, 0.3) is 5.56 Å². The average Bonchev–Trinajstić information content (AvgIpc) is 3.05. The van der Waals surface area contributed by atoms with Crippen LogP contribution < -0.4 is 5.56 Å². The SMILES string of the molecule is Cc1cc(F)ccc1-c1nc(C[C@@H]2CS(=O)(=O)C[C@H]2O)nc2c1ccc(=O)n2-c1c(F)cccc1F. The first-order chi connectivity index (χ1) is 17.0. The minimum atomic E-state index is -3.45. The molecule has 7 nitrogen and oxygen atoms in total. The Kier molecular flexibility index (Phi) is 5.92. The lowest BCUT2D eigenvalue weighted by molar-refractivity contribution is 0.148. The number of para-hydroxylation sites is 1. The highest BCUT2D eigenvalue weighted by atomic mass is 32.2. The summed E-state index contributed by atoms with van der Waals surface area (Å²) in [6.07, 6.45) is -1.20. The molecule has 4 aromatic rings. The number of aryl methyl sites for hydroxylation is 1. The molecule has 5 rings (SSSR count). The maximum atomic E-state index is 14.8. The Balaban J connectivity index is 1.81. The second-order valence-electron chi connectivity index (χ2n) is 8.87. The largest absolute Gasteiger partial charge is 0.392 e. The second-order valence-corrected chi connectivity index (χ2v) is 11.0. The van der Waals surface area contributed by atoms with Crippen LogP contribution in [-0.2, 0) is 16.3 Å². The Hall–Kier alpha value is -3.57. The third-order valence-electron chi connectivity index (χ3n) is 6.28. The number of nitrogens with zero attached hydrogens (tertiary/aromatic N) is 3. The number of sulfone groups is 1. The molecule has 2 atom stereocenters. The molecular formula is C25H20F3N3O4S. The molecule has 0 bridgehead atoms. The number of aliphatic hydroxyl groups excluding tert-OH is 1. The molecule has 1 aliphatic heterocycles. The fourth-order valence-electron chi connectivity index (χ4n) is 4.60. The van der Waals surface area contributed by atoms with E-state index in [0.29, 0.717) is 11.1 Å². The van der Waals surface area contributed by atoms with Crippen LogP contribution in [0.1, 0.15) is 11.4 Å². The van der Waals surface area contributed by atoms with Crippen LogP contribution in [0.4, 0.5) is 13.2 Å². The van der Waals surface area contributed by atoms with Gasteiger partial charge in [-0.3, -0.25) is 9.36 Å². The van der Waals surface area contributed by atoms with Crippen molar-refractivity contribution in [3.05, 3.63) is 87.7 Å². The zero-order valence-corrected chi connectivity index (χ0v) is 19.8. The lowest BCUT2D eigenvalue weighted by atomic mass is 10.00. The maximum absolute atomic E-state index is 14.8. The van der Waals surface area contributed by atoms with E-state index in [-0.39, 0.29) is 40.5 Å². The number of aromatic nitrogens is 3. The molecule has 0 aliphatic carbocycles. The number of fused-ring (bicyclic) bond motifs is 1.